The highest BCUT2D eigenvalue weighted by atomic mass is 14.8. The molecule has 390 valence electrons. The van der Waals surface area contributed by atoms with Gasteiger partial charge in [-0.25, -0.2) is 9.97 Å². The Hall–Kier alpha value is -7.72. The molecular weight excluding hydrogens is 921 g/mol. The summed E-state index contributed by atoms with van der Waals surface area (Å²) >= 11 is 0. The van der Waals surface area contributed by atoms with E-state index in [0.29, 0.717) is 41.4 Å². The molecule has 0 bridgehead atoms. The molecule has 0 radical (unpaired) electrons. The summed E-state index contributed by atoms with van der Waals surface area (Å²) in [5, 5.41) is 2.51. The van der Waals surface area contributed by atoms with Gasteiger partial charge in [-0.1, -0.05) is 139 Å². The smallest absolute Gasteiger partial charge is 0.115 e. The molecule has 10 nitrogen and oxygen atoms in total. The number of rotatable bonds is 7. The van der Waals surface area contributed by atoms with E-state index in [-0.39, 0.29) is 0 Å². The fourth-order valence-corrected chi connectivity index (χ4v) is 7.10. The predicted molar refractivity (Wildman–Crippen MR) is 314 cm³/mol. The van der Waals surface area contributed by atoms with Crippen molar-refractivity contribution in [2.75, 3.05) is 0 Å². The van der Waals surface area contributed by atoms with Crippen molar-refractivity contribution in [1.82, 2.24) is 49.8 Å². The van der Waals surface area contributed by atoms with Gasteiger partial charge in [0.25, 0.3) is 0 Å². The molecule has 0 aliphatic rings. The quantitative estimate of drug-likeness (QED) is 0.152. The first-order valence-electron chi connectivity index (χ1n) is 26.2. The SMILES string of the molecule is CC(C)c1ccc2ncccc2c1.CC(C)c1ccc2nccnc2c1.CC(C)c1cccnc1.CC(C)c1ccnc2ccccc12.CC(C)c1ccncc1.CC(C)c1cnccn1.CC(C)c1cncnc1. The van der Waals surface area contributed by atoms with Crippen LogP contribution in [0.2, 0.25) is 0 Å². The maximum atomic E-state index is 4.32. The highest BCUT2D eigenvalue weighted by Crippen LogP contribution is 2.24. The summed E-state index contributed by atoms with van der Waals surface area (Å²) in [6.07, 6.45) is 25.0. The lowest BCUT2D eigenvalue weighted by Gasteiger charge is -2.08. The largest absolute Gasteiger partial charge is 0.265 e. The average molecular weight is 1000 g/mol. The predicted octanol–water partition coefficient (Wildman–Crippen LogP) is 17.1. The van der Waals surface area contributed by atoms with Crippen LogP contribution in [0.3, 0.4) is 0 Å². The van der Waals surface area contributed by atoms with Gasteiger partial charge >= 0.3 is 0 Å². The van der Waals surface area contributed by atoms with E-state index < -0.39 is 0 Å². The van der Waals surface area contributed by atoms with Crippen molar-refractivity contribution in [3.8, 4) is 0 Å². The van der Waals surface area contributed by atoms with Crippen molar-refractivity contribution in [3.05, 3.63) is 229 Å². The number of nitrogens with zero attached hydrogens (tertiary/aromatic N) is 10. The minimum atomic E-state index is 0.485. The van der Waals surface area contributed by atoms with Gasteiger partial charge < -0.3 is 0 Å². The summed E-state index contributed by atoms with van der Waals surface area (Å²) in [5.41, 5.74) is 13.1. The number of pyridine rings is 4. The third-order valence-corrected chi connectivity index (χ3v) is 11.9. The second-order valence-corrected chi connectivity index (χ2v) is 20.1. The molecule has 0 N–H and O–H groups in total. The van der Waals surface area contributed by atoms with Crippen LogP contribution in [0.5, 0.6) is 0 Å². The first-order chi connectivity index (χ1) is 36.0. The van der Waals surface area contributed by atoms with Gasteiger partial charge in [-0.3, -0.25) is 39.9 Å². The Bertz CT molecular complexity index is 2820. The van der Waals surface area contributed by atoms with Crippen molar-refractivity contribution in [3.63, 3.8) is 0 Å². The molecule has 10 aromatic rings. The number of benzene rings is 3. The van der Waals surface area contributed by atoms with Gasteiger partial charge in [-0.2, -0.15) is 0 Å². The Balaban J connectivity index is 0.000000191. The highest BCUT2D eigenvalue weighted by molar-refractivity contribution is 5.82. The first-order valence-corrected chi connectivity index (χ1v) is 26.2. The van der Waals surface area contributed by atoms with Gasteiger partial charge in [0.1, 0.15) is 6.33 Å². The lowest BCUT2D eigenvalue weighted by Crippen LogP contribution is -1.91. The van der Waals surface area contributed by atoms with Crippen LogP contribution in [0.15, 0.2) is 190 Å². The Kier molecular flexibility index (Phi) is 25.9. The number of aromatic nitrogens is 10. The third-order valence-electron chi connectivity index (χ3n) is 11.9. The van der Waals surface area contributed by atoms with Crippen molar-refractivity contribution < 1.29 is 0 Å². The summed E-state index contributed by atoms with van der Waals surface area (Å²) in [7, 11) is 0. The van der Waals surface area contributed by atoms with Gasteiger partial charge in [-0.05, 0) is 135 Å². The highest BCUT2D eigenvalue weighted by Gasteiger charge is 2.05. The molecule has 7 heterocycles. The molecule has 7 aromatic heterocycles. The van der Waals surface area contributed by atoms with Gasteiger partial charge in [0.05, 0.1) is 27.8 Å². The summed E-state index contributed by atoms with van der Waals surface area (Å²) in [6.45, 7) is 30.3. The van der Waals surface area contributed by atoms with E-state index >= 15 is 0 Å². The summed E-state index contributed by atoms with van der Waals surface area (Å²) in [5.74, 6) is 3.93. The Morgan fingerprint density at radius 2 is 0.827 bits per heavy atom. The Morgan fingerprint density at radius 1 is 0.280 bits per heavy atom. The second-order valence-electron chi connectivity index (χ2n) is 20.1. The van der Waals surface area contributed by atoms with E-state index in [1.807, 2.05) is 79.8 Å². The van der Waals surface area contributed by atoms with Crippen molar-refractivity contribution in [2.24, 2.45) is 0 Å². The lowest BCUT2D eigenvalue weighted by molar-refractivity contribution is 0.812. The molecule has 0 amide bonds. The van der Waals surface area contributed by atoms with Crippen LogP contribution in [-0.2, 0) is 0 Å². The second kappa shape index (κ2) is 32.5. The van der Waals surface area contributed by atoms with Gasteiger partial charge in [-0.15, -0.1) is 0 Å². The number of fused-ring (bicyclic) bond motifs is 3. The van der Waals surface area contributed by atoms with Gasteiger partial charge in [0.2, 0.25) is 0 Å². The molecule has 0 saturated heterocycles. The lowest BCUT2D eigenvalue weighted by atomic mass is 9.99. The molecule has 0 spiro atoms. The molecule has 10 heteroatoms. The van der Waals surface area contributed by atoms with Crippen molar-refractivity contribution >= 4 is 32.8 Å². The zero-order chi connectivity index (χ0) is 54.5. The minimum absolute atomic E-state index is 0.485. The molecule has 0 saturated carbocycles. The van der Waals surface area contributed by atoms with Crippen LogP contribution in [0.4, 0.5) is 0 Å². The number of hydrogen-bond acceptors (Lipinski definition) is 10. The Labute approximate surface area is 448 Å². The molecule has 0 fully saturated rings. The van der Waals surface area contributed by atoms with E-state index in [1.54, 1.807) is 43.5 Å². The maximum absolute atomic E-state index is 4.32. The fraction of sp³-hybridized carbons (Fsp3) is 0.323. The standard InChI is InChI=1S/2C12H13N.C11H12N2.2C8H11N.2C7H10N2/c1-9(2)10-5-6-12-11(8-10)4-3-7-13-12;1-9(2)10-7-8-13-12-6-4-3-5-11(10)12;1-8(2)9-3-4-10-11(7-9)13-6-5-12-10;1-7(2)8-3-5-9-6-4-8;1-7(2)8-4-3-5-9-6-8;1-6(2)7-3-8-5-9-4-7;1-6(2)7-5-8-3-4-9-7/h2*3-9H,1-2H3;3-8H,1-2H3;2*3-7H,1-2H3;2*3-6H,1-2H3. The van der Waals surface area contributed by atoms with Gasteiger partial charge in [0, 0.05) is 91.3 Å². The summed E-state index contributed by atoms with van der Waals surface area (Å²) in [4.78, 5) is 40.9. The number of hydrogen-bond donors (Lipinski definition) is 0. The van der Waals surface area contributed by atoms with Crippen LogP contribution in [0.25, 0.3) is 32.8 Å². The van der Waals surface area contributed by atoms with E-state index in [4.69, 9.17) is 0 Å². The first kappa shape index (κ1) is 59.8. The molecular formula is C65H80N10. The minimum Gasteiger partial charge on any atom is -0.265 e. The summed E-state index contributed by atoms with van der Waals surface area (Å²) in [6, 6.07) is 35.3. The van der Waals surface area contributed by atoms with Crippen LogP contribution in [0.1, 0.15) is 177 Å². The summed E-state index contributed by atoms with van der Waals surface area (Å²) < 4.78 is 0. The molecule has 0 atom stereocenters. The molecule has 75 heavy (non-hydrogen) atoms. The zero-order valence-corrected chi connectivity index (χ0v) is 46.9. The van der Waals surface area contributed by atoms with E-state index in [2.05, 4.69) is 214 Å². The molecule has 10 rings (SSSR count). The van der Waals surface area contributed by atoms with Crippen LogP contribution in [-0.4, -0.2) is 49.8 Å². The van der Waals surface area contributed by atoms with E-state index in [9.17, 15) is 0 Å². The van der Waals surface area contributed by atoms with Crippen molar-refractivity contribution in [2.45, 2.75) is 138 Å². The van der Waals surface area contributed by atoms with Crippen molar-refractivity contribution in [1.29, 1.82) is 0 Å². The molecule has 0 unspecified atom stereocenters. The molecule has 0 aliphatic carbocycles. The van der Waals surface area contributed by atoms with Crippen LogP contribution < -0.4 is 0 Å². The van der Waals surface area contributed by atoms with Gasteiger partial charge in [0.15, 0.2) is 0 Å². The third kappa shape index (κ3) is 21.3. The van der Waals surface area contributed by atoms with E-state index in [1.165, 1.54) is 44.2 Å². The fourth-order valence-electron chi connectivity index (χ4n) is 7.10. The topological polar surface area (TPSA) is 129 Å². The Morgan fingerprint density at radius 3 is 1.36 bits per heavy atom. The molecule has 3 aromatic carbocycles. The number of para-hydroxylation sites is 1. The van der Waals surface area contributed by atoms with Crippen LogP contribution in [0, 0.1) is 0 Å². The average Bonchev–Trinajstić information content (AvgIpc) is 3.44. The van der Waals surface area contributed by atoms with Crippen LogP contribution >= 0.6 is 0 Å². The monoisotopic (exact) mass is 1000 g/mol. The molecule has 0 aliphatic heterocycles. The maximum Gasteiger partial charge on any atom is 0.115 e. The zero-order valence-electron chi connectivity index (χ0n) is 46.9. The normalized spacial score (nSPS) is 10.6. The van der Waals surface area contributed by atoms with E-state index in [0.717, 1.165) is 27.8 Å².